The molecule has 1 aromatic carbocycles. The topological polar surface area (TPSA) is 20.2 Å². The highest BCUT2D eigenvalue weighted by molar-refractivity contribution is 9.10. The summed E-state index contributed by atoms with van der Waals surface area (Å²) in [4.78, 5) is 0. The summed E-state index contributed by atoms with van der Waals surface area (Å²) in [6.45, 7) is 1.51. The first kappa shape index (κ1) is 10.6. The van der Waals surface area contributed by atoms with Crippen molar-refractivity contribution < 1.29 is 13.9 Å². The van der Waals surface area contributed by atoms with Crippen LogP contribution in [0.15, 0.2) is 16.6 Å². The molecule has 1 N–H and O–H groups in total. The smallest absolute Gasteiger partial charge is 0.143 e. The lowest BCUT2D eigenvalue weighted by Gasteiger charge is -2.10. The monoisotopic (exact) mass is 250 g/mol. The zero-order chi connectivity index (χ0) is 10.0. The molecule has 4 heteroatoms. The van der Waals surface area contributed by atoms with E-state index >= 15 is 0 Å². The van der Waals surface area contributed by atoms with Gasteiger partial charge in [-0.05, 0) is 27.6 Å². The first-order valence-electron chi connectivity index (χ1n) is 3.82. The van der Waals surface area contributed by atoms with E-state index in [0.717, 1.165) is 0 Å². The molecule has 0 aliphatic heterocycles. The molecule has 0 aromatic heterocycles. The zero-order valence-electron chi connectivity index (χ0n) is 7.02. The molecule has 0 saturated carbocycles. The summed E-state index contributed by atoms with van der Waals surface area (Å²) in [6, 6.07) is 2.52. The molecular formula is C9H9BrF2O. The van der Waals surface area contributed by atoms with Crippen molar-refractivity contribution in [3.05, 3.63) is 33.8 Å². The van der Waals surface area contributed by atoms with Crippen LogP contribution < -0.4 is 0 Å². The molecule has 0 amide bonds. The highest BCUT2D eigenvalue weighted by Crippen LogP contribution is 2.26. The summed E-state index contributed by atoms with van der Waals surface area (Å²) >= 11 is 2.80. The Hall–Kier alpha value is -0.480. The normalized spacial score (nSPS) is 13.0. The Balaban J connectivity index is 3.18. The maximum absolute atomic E-state index is 13.3. The van der Waals surface area contributed by atoms with E-state index in [1.54, 1.807) is 6.92 Å². The fraction of sp³-hybridized carbons (Fsp3) is 0.333. The Labute approximate surface area is 83.5 Å². The van der Waals surface area contributed by atoms with Crippen molar-refractivity contribution >= 4 is 15.9 Å². The average Bonchev–Trinajstić information content (AvgIpc) is 2.13. The molecule has 0 aliphatic rings. The van der Waals surface area contributed by atoms with Gasteiger partial charge in [0.05, 0.1) is 4.47 Å². The van der Waals surface area contributed by atoms with E-state index in [-0.39, 0.29) is 17.0 Å². The highest BCUT2D eigenvalue weighted by atomic mass is 79.9. The molecular weight excluding hydrogens is 242 g/mol. The van der Waals surface area contributed by atoms with Crippen molar-refractivity contribution in [1.82, 2.24) is 0 Å². The Kier molecular flexibility index (Phi) is 3.39. The van der Waals surface area contributed by atoms with Gasteiger partial charge in [0.2, 0.25) is 0 Å². The molecule has 0 heterocycles. The number of hydrogen-bond acceptors (Lipinski definition) is 1. The summed E-state index contributed by atoms with van der Waals surface area (Å²) in [5, 5.41) is 8.80. The van der Waals surface area contributed by atoms with Crippen molar-refractivity contribution in [2.75, 3.05) is 6.61 Å². The molecule has 13 heavy (non-hydrogen) atoms. The Morgan fingerprint density at radius 3 is 2.62 bits per heavy atom. The second-order valence-electron chi connectivity index (χ2n) is 2.85. The van der Waals surface area contributed by atoms with Crippen LogP contribution >= 0.6 is 15.9 Å². The standard InChI is InChI=1S/C9H9BrF2O/c1-5(4-13)6-2-3-7(11)8(10)9(6)12/h2-3,5,13H,4H2,1H3. The number of aliphatic hydroxyl groups is 1. The molecule has 1 nitrogen and oxygen atoms in total. The number of aliphatic hydroxyl groups excluding tert-OH is 1. The molecule has 1 rings (SSSR count). The van der Waals surface area contributed by atoms with Gasteiger partial charge in [-0.25, -0.2) is 8.78 Å². The predicted molar refractivity (Wildman–Crippen MR) is 49.6 cm³/mol. The first-order chi connectivity index (χ1) is 6.07. The van der Waals surface area contributed by atoms with Crippen molar-refractivity contribution in [1.29, 1.82) is 0 Å². The Morgan fingerprint density at radius 2 is 2.08 bits per heavy atom. The fourth-order valence-corrected chi connectivity index (χ4v) is 1.38. The van der Waals surface area contributed by atoms with E-state index in [4.69, 9.17) is 5.11 Å². The average molecular weight is 251 g/mol. The molecule has 72 valence electrons. The molecule has 0 bridgehead atoms. The van der Waals surface area contributed by atoms with E-state index in [9.17, 15) is 8.78 Å². The lowest BCUT2D eigenvalue weighted by atomic mass is 10.0. The second-order valence-corrected chi connectivity index (χ2v) is 3.64. The van der Waals surface area contributed by atoms with Crippen LogP contribution in [0.3, 0.4) is 0 Å². The van der Waals surface area contributed by atoms with Crippen LogP contribution in [0.25, 0.3) is 0 Å². The predicted octanol–water partition coefficient (Wildman–Crippen LogP) is 2.82. The molecule has 0 saturated heterocycles. The second kappa shape index (κ2) is 4.15. The molecule has 0 radical (unpaired) electrons. The SMILES string of the molecule is CC(CO)c1ccc(F)c(Br)c1F. The van der Waals surface area contributed by atoms with Gasteiger partial charge >= 0.3 is 0 Å². The summed E-state index contributed by atoms with van der Waals surface area (Å²) < 4.78 is 25.9. The minimum Gasteiger partial charge on any atom is -0.396 e. The van der Waals surface area contributed by atoms with Crippen molar-refractivity contribution in [3.63, 3.8) is 0 Å². The lowest BCUT2D eigenvalue weighted by molar-refractivity contribution is 0.270. The Morgan fingerprint density at radius 1 is 1.46 bits per heavy atom. The minimum atomic E-state index is -0.637. The van der Waals surface area contributed by atoms with Crippen LogP contribution in [-0.2, 0) is 0 Å². The molecule has 1 aromatic rings. The Bertz CT molecular complexity index is 315. The summed E-state index contributed by atoms with van der Waals surface area (Å²) in [5.41, 5.74) is 0.316. The van der Waals surface area contributed by atoms with Crippen molar-refractivity contribution in [3.8, 4) is 0 Å². The van der Waals surface area contributed by atoms with Gasteiger partial charge in [0.1, 0.15) is 11.6 Å². The summed E-state index contributed by atoms with van der Waals surface area (Å²) in [6.07, 6.45) is 0. The maximum atomic E-state index is 13.3. The van der Waals surface area contributed by atoms with Gasteiger partial charge < -0.3 is 5.11 Å². The largest absolute Gasteiger partial charge is 0.396 e. The summed E-state index contributed by atoms with van der Waals surface area (Å²) in [5.74, 6) is -1.59. The van der Waals surface area contributed by atoms with Gasteiger partial charge in [0.25, 0.3) is 0 Å². The van der Waals surface area contributed by atoms with Crippen LogP contribution in [-0.4, -0.2) is 11.7 Å². The molecule has 0 spiro atoms. The summed E-state index contributed by atoms with van der Waals surface area (Å²) in [7, 11) is 0. The van der Waals surface area contributed by atoms with E-state index < -0.39 is 11.6 Å². The number of benzene rings is 1. The van der Waals surface area contributed by atoms with Gasteiger partial charge in [-0.1, -0.05) is 13.0 Å². The van der Waals surface area contributed by atoms with E-state index in [0.29, 0.717) is 5.56 Å². The van der Waals surface area contributed by atoms with Crippen LogP contribution in [0.4, 0.5) is 8.78 Å². The highest BCUT2D eigenvalue weighted by Gasteiger charge is 2.15. The van der Waals surface area contributed by atoms with Crippen LogP contribution in [0, 0.1) is 11.6 Å². The quantitative estimate of drug-likeness (QED) is 0.801. The maximum Gasteiger partial charge on any atom is 0.143 e. The number of halogens is 3. The van der Waals surface area contributed by atoms with Crippen molar-refractivity contribution in [2.24, 2.45) is 0 Å². The molecule has 1 unspecified atom stereocenters. The number of rotatable bonds is 2. The van der Waals surface area contributed by atoms with Gasteiger partial charge in [-0.3, -0.25) is 0 Å². The third-order valence-electron chi connectivity index (χ3n) is 1.87. The third kappa shape index (κ3) is 2.06. The van der Waals surface area contributed by atoms with Crippen LogP contribution in [0.5, 0.6) is 0 Å². The van der Waals surface area contributed by atoms with E-state index in [1.165, 1.54) is 12.1 Å². The van der Waals surface area contributed by atoms with Crippen molar-refractivity contribution in [2.45, 2.75) is 12.8 Å². The minimum absolute atomic E-state index is 0.158. The third-order valence-corrected chi connectivity index (χ3v) is 2.60. The van der Waals surface area contributed by atoms with E-state index in [1.807, 2.05) is 0 Å². The van der Waals surface area contributed by atoms with Gasteiger partial charge in [0, 0.05) is 12.5 Å². The number of hydrogen-bond donors (Lipinski definition) is 1. The molecule has 1 atom stereocenters. The first-order valence-corrected chi connectivity index (χ1v) is 4.61. The fourth-order valence-electron chi connectivity index (χ4n) is 1.02. The molecule has 0 aliphatic carbocycles. The van der Waals surface area contributed by atoms with Gasteiger partial charge in [-0.2, -0.15) is 0 Å². The van der Waals surface area contributed by atoms with Gasteiger partial charge in [0.15, 0.2) is 0 Å². The molecule has 0 fully saturated rings. The van der Waals surface area contributed by atoms with Gasteiger partial charge in [-0.15, -0.1) is 0 Å². The van der Waals surface area contributed by atoms with Crippen LogP contribution in [0.1, 0.15) is 18.4 Å². The lowest BCUT2D eigenvalue weighted by Crippen LogP contribution is -2.03. The van der Waals surface area contributed by atoms with Crippen LogP contribution in [0.2, 0.25) is 0 Å². The van der Waals surface area contributed by atoms with E-state index in [2.05, 4.69) is 15.9 Å². The zero-order valence-corrected chi connectivity index (χ0v) is 8.61.